The zero-order valence-electron chi connectivity index (χ0n) is 16.0. The number of hydrogen-bond donors (Lipinski definition) is 2. The van der Waals surface area contributed by atoms with Gasteiger partial charge in [0.1, 0.15) is 11.6 Å². The molecule has 3 aliphatic rings. The van der Waals surface area contributed by atoms with Crippen molar-refractivity contribution in [2.24, 2.45) is 0 Å². The number of rotatable bonds is 4. The van der Waals surface area contributed by atoms with Crippen LogP contribution >= 0.6 is 0 Å². The van der Waals surface area contributed by atoms with Crippen molar-refractivity contribution >= 4 is 10.0 Å². The molecule has 28 heavy (non-hydrogen) atoms. The number of nitrogens with zero attached hydrogens (tertiary/aromatic N) is 3. The maximum atomic E-state index is 13.2. The monoisotopic (exact) mass is 403 g/mol. The van der Waals surface area contributed by atoms with E-state index < -0.39 is 10.0 Å². The Balaban J connectivity index is 1.51. The second-order valence-corrected chi connectivity index (χ2v) is 10.2. The van der Waals surface area contributed by atoms with E-state index >= 15 is 0 Å². The van der Waals surface area contributed by atoms with Gasteiger partial charge in [-0.3, -0.25) is 4.79 Å². The zero-order valence-corrected chi connectivity index (χ0v) is 16.8. The van der Waals surface area contributed by atoms with Crippen LogP contribution in [-0.4, -0.2) is 45.7 Å². The number of hydrogen-bond acceptors (Lipinski definition) is 5. The first-order chi connectivity index (χ1) is 13.4. The highest BCUT2D eigenvalue weighted by molar-refractivity contribution is 7.89. The number of nitrogens with one attached hydrogen (secondary N) is 2. The van der Waals surface area contributed by atoms with Crippen LogP contribution < -0.4 is 5.56 Å². The van der Waals surface area contributed by atoms with Crippen molar-refractivity contribution < 1.29 is 8.42 Å². The zero-order chi connectivity index (χ0) is 19.5. The fourth-order valence-corrected chi connectivity index (χ4v) is 6.20. The minimum absolute atomic E-state index is 0.0371. The van der Waals surface area contributed by atoms with Crippen molar-refractivity contribution in [1.29, 1.82) is 0 Å². The Morgan fingerprint density at radius 2 is 2.11 bits per heavy atom. The summed E-state index contributed by atoms with van der Waals surface area (Å²) >= 11 is 0. The van der Waals surface area contributed by atoms with E-state index in [2.05, 4.69) is 15.0 Å². The third-order valence-electron chi connectivity index (χ3n) is 6.45. The first-order valence-electron chi connectivity index (χ1n) is 10.1. The average Bonchev–Trinajstić information content (AvgIpc) is 3.32. The Morgan fingerprint density at radius 1 is 1.29 bits per heavy atom. The van der Waals surface area contributed by atoms with Gasteiger partial charge in [-0.15, -0.1) is 0 Å². The molecule has 0 bridgehead atoms. The molecule has 8 nitrogen and oxygen atoms in total. The van der Waals surface area contributed by atoms with Gasteiger partial charge in [-0.05, 0) is 38.5 Å². The predicted molar refractivity (Wildman–Crippen MR) is 103 cm³/mol. The van der Waals surface area contributed by atoms with Gasteiger partial charge < -0.3 is 9.97 Å². The Labute approximate surface area is 163 Å². The lowest BCUT2D eigenvalue weighted by atomic mass is 9.78. The quantitative estimate of drug-likeness (QED) is 0.805. The van der Waals surface area contributed by atoms with Gasteiger partial charge in [0.2, 0.25) is 0 Å². The highest BCUT2D eigenvalue weighted by Crippen LogP contribution is 2.45. The molecule has 2 aromatic heterocycles. The van der Waals surface area contributed by atoms with Gasteiger partial charge >= 0.3 is 0 Å². The topological polar surface area (TPSA) is 112 Å². The van der Waals surface area contributed by atoms with E-state index in [-0.39, 0.29) is 16.0 Å². The largest absolute Gasteiger partial charge is 0.332 e. The van der Waals surface area contributed by atoms with Crippen LogP contribution in [0.5, 0.6) is 0 Å². The summed E-state index contributed by atoms with van der Waals surface area (Å²) in [6.45, 7) is 2.79. The van der Waals surface area contributed by atoms with Gasteiger partial charge in [0.15, 0.2) is 5.03 Å². The molecule has 0 amide bonds. The molecule has 2 aliphatic carbocycles. The maximum Gasteiger partial charge on any atom is 0.260 e. The second kappa shape index (κ2) is 6.25. The van der Waals surface area contributed by atoms with E-state index in [1.165, 1.54) is 6.20 Å². The molecular formula is C19H25N5O3S. The normalized spacial score (nSPS) is 25.3. The number of imidazole rings is 1. The van der Waals surface area contributed by atoms with Crippen molar-refractivity contribution in [2.75, 3.05) is 13.1 Å². The molecule has 1 unspecified atom stereocenters. The van der Waals surface area contributed by atoms with Crippen LogP contribution in [0.1, 0.15) is 67.9 Å². The van der Waals surface area contributed by atoms with E-state index in [1.54, 1.807) is 4.31 Å². The van der Waals surface area contributed by atoms with Crippen molar-refractivity contribution in [3.63, 3.8) is 0 Å². The SMILES string of the molecule is CCc1ncc(S(=O)(=O)N2CCCC3(CCc4c3nc(C3CC3)[nH]c4=O)C2)[nH]1. The molecule has 0 aromatic carbocycles. The Bertz CT molecular complexity index is 1090. The van der Waals surface area contributed by atoms with E-state index in [0.717, 1.165) is 49.2 Å². The van der Waals surface area contributed by atoms with Crippen LogP contribution in [-0.2, 0) is 28.3 Å². The summed E-state index contributed by atoms with van der Waals surface area (Å²) in [5.41, 5.74) is 1.20. The number of aryl methyl sites for hydroxylation is 1. The molecule has 2 fully saturated rings. The summed E-state index contributed by atoms with van der Waals surface area (Å²) in [5.74, 6) is 1.81. The van der Waals surface area contributed by atoms with E-state index in [4.69, 9.17) is 4.98 Å². The van der Waals surface area contributed by atoms with Gasteiger partial charge in [0.25, 0.3) is 15.6 Å². The molecule has 5 rings (SSSR count). The lowest BCUT2D eigenvalue weighted by Crippen LogP contribution is -2.48. The molecule has 150 valence electrons. The first kappa shape index (κ1) is 18.1. The van der Waals surface area contributed by atoms with Gasteiger partial charge in [-0.1, -0.05) is 6.92 Å². The molecule has 2 N–H and O–H groups in total. The molecule has 2 aromatic rings. The van der Waals surface area contributed by atoms with Crippen molar-refractivity contribution in [3.05, 3.63) is 39.5 Å². The molecule has 1 aliphatic heterocycles. The van der Waals surface area contributed by atoms with Gasteiger partial charge in [0, 0.05) is 36.4 Å². The van der Waals surface area contributed by atoms with E-state index in [0.29, 0.717) is 37.7 Å². The maximum absolute atomic E-state index is 13.2. The minimum atomic E-state index is -3.64. The molecule has 3 heterocycles. The summed E-state index contributed by atoms with van der Waals surface area (Å²) in [5, 5.41) is 0.150. The third-order valence-corrected chi connectivity index (χ3v) is 8.21. The van der Waals surface area contributed by atoms with Crippen LogP contribution in [0.3, 0.4) is 0 Å². The number of aromatic nitrogens is 4. The fraction of sp³-hybridized carbons (Fsp3) is 0.632. The van der Waals surface area contributed by atoms with E-state index in [1.807, 2.05) is 6.92 Å². The van der Waals surface area contributed by atoms with Crippen molar-refractivity contribution in [3.8, 4) is 0 Å². The lowest BCUT2D eigenvalue weighted by Gasteiger charge is -2.39. The van der Waals surface area contributed by atoms with Crippen LogP contribution in [0.4, 0.5) is 0 Å². The molecule has 9 heteroatoms. The summed E-state index contributed by atoms with van der Waals surface area (Å²) in [6, 6.07) is 0. The number of aromatic amines is 2. The van der Waals surface area contributed by atoms with Gasteiger partial charge in [-0.25, -0.2) is 18.4 Å². The van der Waals surface area contributed by atoms with Crippen LogP contribution in [0, 0.1) is 0 Å². The number of fused-ring (bicyclic) bond motifs is 2. The first-order valence-corrected chi connectivity index (χ1v) is 11.5. The fourth-order valence-electron chi connectivity index (χ4n) is 4.70. The Hall–Kier alpha value is -2.00. The van der Waals surface area contributed by atoms with Gasteiger partial charge in [0.05, 0.1) is 11.9 Å². The predicted octanol–water partition coefficient (Wildman–Crippen LogP) is 1.60. The highest BCUT2D eigenvalue weighted by Gasteiger charge is 2.48. The van der Waals surface area contributed by atoms with Crippen LogP contribution in [0.15, 0.2) is 16.0 Å². The summed E-state index contributed by atoms with van der Waals surface area (Å²) in [4.78, 5) is 27.5. The molecule has 1 saturated heterocycles. The standard InChI is InChI=1S/C19H25N5O3S/c1-2-14-20-10-15(21-14)28(26,27)24-9-3-7-19(11-24)8-6-13-16(19)22-17(12-4-5-12)23-18(13)25/h10,12H,2-9,11H2,1H3,(H,20,21)(H,22,23,25). The number of H-pyrrole nitrogens is 2. The molecule has 1 spiro atoms. The van der Waals surface area contributed by atoms with Crippen molar-refractivity contribution in [2.45, 2.75) is 68.2 Å². The summed E-state index contributed by atoms with van der Waals surface area (Å²) < 4.78 is 27.9. The molecular weight excluding hydrogens is 378 g/mol. The average molecular weight is 404 g/mol. The van der Waals surface area contributed by atoms with Crippen LogP contribution in [0.25, 0.3) is 0 Å². The van der Waals surface area contributed by atoms with Crippen LogP contribution in [0.2, 0.25) is 0 Å². The molecule has 1 atom stereocenters. The van der Waals surface area contributed by atoms with E-state index in [9.17, 15) is 13.2 Å². The molecule has 0 radical (unpaired) electrons. The summed E-state index contributed by atoms with van der Waals surface area (Å²) in [7, 11) is -3.64. The lowest BCUT2D eigenvalue weighted by molar-refractivity contribution is 0.219. The molecule has 1 saturated carbocycles. The number of sulfonamides is 1. The van der Waals surface area contributed by atoms with Gasteiger partial charge in [-0.2, -0.15) is 4.31 Å². The summed E-state index contributed by atoms with van der Waals surface area (Å²) in [6.07, 6.45) is 7.28. The Kier molecular flexibility index (Phi) is 4.03. The second-order valence-electron chi connectivity index (χ2n) is 8.32. The third kappa shape index (κ3) is 2.75. The number of piperidine rings is 1. The minimum Gasteiger partial charge on any atom is -0.332 e. The van der Waals surface area contributed by atoms with Crippen molar-refractivity contribution in [1.82, 2.24) is 24.2 Å². The Morgan fingerprint density at radius 3 is 2.82 bits per heavy atom. The highest BCUT2D eigenvalue weighted by atomic mass is 32.2. The smallest absolute Gasteiger partial charge is 0.260 e.